The molecule has 0 aliphatic rings. The molecule has 0 rings (SSSR count). The summed E-state index contributed by atoms with van der Waals surface area (Å²) < 4.78 is 25.5. The molecular weight excluding hydrogens is 249 g/mol. The van der Waals surface area contributed by atoms with Gasteiger partial charge >= 0.3 is 13.7 Å². The van der Waals surface area contributed by atoms with Crippen LogP contribution in [0.1, 0.15) is 6.42 Å². The van der Waals surface area contributed by atoms with Crippen LogP contribution < -0.4 is 5.73 Å². The van der Waals surface area contributed by atoms with Gasteiger partial charge in [0.15, 0.2) is 11.9 Å². The number of primary amides is 1. The molecular formula is C9H16NO6P. The molecule has 0 aromatic carbocycles. The largest absolute Gasteiger partial charge is 0.438 e. The van der Waals surface area contributed by atoms with Crippen LogP contribution in [0.4, 0.5) is 4.79 Å². The third kappa shape index (κ3) is 5.63. The average molecular weight is 265 g/mol. The number of hydrogen-bond acceptors (Lipinski definition) is 6. The Morgan fingerprint density at radius 2 is 1.94 bits per heavy atom. The highest BCUT2D eigenvalue weighted by Crippen LogP contribution is 2.46. The first-order chi connectivity index (χ1) is 7.88. The zero-order chi connectivity index (χ0) is 13.5. The highest BCUT2D eigenvalue weighted by molar-refractivity contribution is 7.54. The van der Waals surface area contributed by atoms with E-state index in [1.54, 1.807) is 0 Å². The van der Waals surface area contributed by atoms with Crippen LogP contribution in [0, 0.1) is 0 Å². The van der Waals surface area contributed by atoms with Crippen molar-refractivity contribution >= 4 is 19.5 Å². The minimum atomic E-state index is -3.47. The Morgan fingerprint density at radius 1 is 1.41 bits per heavy atom. The zero-order valence-electron chi connectivity index (χ0n) is 9.75. The van der Waals surface area contributed by atoms with Gasteiger partial charge < -0.3 is 19.5 Å². The SMILES string of the molecule is C=CCC(OC(N)=O)C(=O)CP(=O)(OC)OC. The van der Waals surface area contributed by atoms with E-state index in [0.29, 0.717) is 0 Å². The molecule has 8 heteroatoms. The summed E-state index contributed by atoms with van der Waals surface area (Å²) in [5, 5.41) is 0. The van der Waals surface area contributed by atoms with Gasteiger partial charge in [-0.25, -0.2) is 4.79 Å². The fraction of sp³-hybridized carbons (Fsp3) is 0.556. The van der Waals surface area contributed by atoms with E-state index < -0.39 is 31.7 Å². The molecule has 0 aliphatic heterocycles. The number of rotatable bonds is 8. The number of hydrogen-bond donors (Lipinski definition) is 1. The van der Waals surface area contributed by atoms with Crippen molar-refractivity contribution in [3.63, 3.8) is 0 Å². The van der Waals surface area contributed by atoms with Crippen LogP contribution in [-0.2, 0) is 23.1 Å². The van der Waals surface area contributed by atoms with Crippen LogP contribution in [-0.4, -0.2) is 38.4 Å². The summed E-state index contributed by atoms with van der Waals surface area (Å²) in [5.41, 5.74) is 4.81. The number of carbonyl (C=O) groups is 2. The maximum absolute atomic E-state index is 11.7. The normalized spacial score (nSPS) is 12.8. The van der Waals surface area contributed by atoms with Crippen LogP contribution in [0.25, 0.3) is 0 Å². The summed E-state index contributed by atoms with van der Waals surface area (Å²) in [5.74, 6) is -0.601. The summed E-state index contributed by atoms with van der Waals surface area (Å²) >= 11 is 0. The average Bonchev–Trinajstić information content (AvgIpc) is 2.27. The first-order valence-corrected chi connectivity index (χ1v) is 6.41. The molecule has 0 aromatic heterocycles. The fourth-order valence-corrected chi connectivity index (χ4v) is 2.03. The Morgan fingerprint density at radius 3 is 2.29 bits per heavy atom. The van der Waals surface area contributed by atoms with Gasteiger partial charge in [0.05, 0.1) is 0 Å². The zero-order valence-corrected chi connectivity index (χ0v) is 10.6. The first kappa shape index (κ1) is 15.8. The molecule has 0 heterocycles. The molecule has 0 fully saturated rings. The molecule has 17 heavy (non-hydrogen) atoms. The molecule has 1 amide bonds. The van der Waals surface area contributed by atoms with E-state index in [9.17, 15) is 14.2 Å². The van der Waals surface area contributed by atoms with Crippen LogP contribution >= 0.6 is 7.60 Å². The molecule has 0 bridgehead atoms. The van der Waals surface area contributed by atoms with E-state index in [-0.39, 0.29) is 6.42 Å². The van der Waals surface area contributed by atoms with E-state index in [0.717, 1.165) is 14.2 Å². The number of carbonyl (C=O) groups excluding carboxylic acids is 2. The Labute approximate surface area is 99.4 Å². The van der Waals surface area contributed by atoms with Gasteiger partial charge in [0.2, 0.25) is 0 Å². The Hall–Kier alpha value is -1.17. The third-order valence-corrected chi connectivity index (χ3v) is 3.72. The van der Waals surface area contributed by atoms with Gasteiger partial charge in [-0.05, 0) is 0 Å². The third-order valence-electron chi connectivity index (χ3n) is 1.90. The predicted molar refractivity (Wildman–Crippen MR) is 60.8 cm³/mol. The lowest BCUT2D eigenvalue weighted by Gasteiger charge is -2.17. The van der Waals surface area contributed by atoms with Gasteiger partial charge in [-0.3, -0.25) is 9.36 Å². The van der Waals surface area contributed by atoms with Crippen molar-refractivity contribution in [3.05, 3.63) is 12.7 Å². The molecule has 0 spiro atoms. The quantitative estimate of drug-likeness (QED) is 0.520. The standard InChI is InChI=1S/C9H16NO6P/c1-4-5-8(16-9(10)12)7(11)6-17(13,14-2)15-3/h4,8H,1,5-6H2,2-3H3,(H2,10,12). The predicted octanol–water partition coefficient (Wildman–Crippen LogP) is 1.08. The van der Waals surface area contributed by atoms with Crippen LogP contribution in [0.5, 0.6) is 0 Å². The van der Waals surface area contributed by atoms with Crippen molar-refractivity contribution in [3.8, 4) is 0 Å². The van der Waals surface area contributed by atoms with Crippen LogP contribution in [0.3, 0.4) is 0 Å². The highest BCUT2D eigenvalue weighted by Gasteiger charge is 2.31. The van der Waals surface area contributed by atoms with E-state index in [1.807, 2.05) is 0 Å². The minimum Gasteiger partial charge on any atom is -0.438 e. The molecule has 0 aliphatic carbocycles. The lowest BCUT2D eigenvalue weighted by atomic mass is 10.2. The molecule has 1 atom stereocenters. The number of Topliss-reactive ketones (excluding diaryl/α,β-unsaturated/α-hetero) is 1. The van der Waals surface area contributed by atoms with Gasteiger partial charge in [-0.2, -0.15) is 0 Å². The van der Waals surface area contributed by atoms with Crippen LogP contribution in [0.15, 0.2) is 12.7 Å². The Bertz CT molecular complexity index is 334. The monoisotopic (exact) mass is 265 g/mol. The van der Waals surface area contributed by atoms with Gasteiger partial charge in [0.1, 0.15) is 6.16 Å². The van der Waals surface area contributed by atoms with Gasteiger partial charge in [0.25, 0.3) is 0 Å². The second-order valence-electron chi connectivity index (χ2n) is 3.05. The minimum absolute atomic E-state index is 0.0786. The van der Waals surface area contributed by atoms with Crippen molar-refractivity contribution in [2.24, 2.45) is 5.73 Å². The van der Waals surface area contributed by atoms with Crippen molar-refractivity contribution in [2.45, 2.75) is 12.5 Å². The highest BCUT2D eigenvalue weighted by atomic mass is 31.2. The summed E-state index contributed by atoms with van der Waals surface area (Å²) in [6.45, 7) is 3.41. The molecule has 2 N–H and O–H groups in total. The second kappa shape index (κ2) is 7.21. The number of ether oxygens (including phenoxy) is 1. The molecule has 0 aromatic rings. The number of nitrogens with two attached hydrogens (primary N) is 1. The summed E-state index contributed by atoms with van der Waals surface area (Å²) in [6, 6.07) is 0. The van der Waals surface area contributed by atoms with E-state index >= 15 is 0 Å². The van der Waals surface area contributed by atoms with Crippen LogP contribution in [0.2, 0.25) is 0 Å². The molecule has 7 nitrogen and oxygen atoms in total. The summed E-state index contributed by atoms with van der Waals surface area (Å²) in [6.07, 6.45) is -1.24. The molecule has 98 valence electrons. The van der Waals surface area contributed by atoms with Gasteiger partial charge in [-0.1, -0.05) is 6.08 Å². The van der Waals surface area contributed by atoms with Crippen molar-refractivity contribution in [1.82, 2.24) is 0 Å². The number of ketones is 1. The molecule has 0 radical (unpaired) electrons. The second-order valence-corrected chi connectivity index (χ2v) is 5.32. The lowest BCUT2D eigenvalue weighted by molar-refractivity contribution is -0.124. The molecule has 1 unspecified atom stereocenters. The fourth-order valence-electron chi connectivity index (χ4n) is 1.03. The summed E-state index contributed by atoms with van der Waals surface area (Å²) in [4.78, 5) is 22.3. The van der Waals surface area contributed by atoms with E-state index in [2.05, 4.69) is 20.4 Å². The van der Waals surface area contributed by atoms with Gasteiger partial charge in [0, 0.05) is 20.6 Å². The smallest absolute Gasteiger partial charge is 0.405 e. The van der Waals surface area contributed by atoms with E-state index in [4.69, 9.17) is 5.73 Å². The topological polar surface area (TPSA) is 105 Å². The maximum Gasteiger partial charge on any atom is 0.405 e. The van der Waals surface area contributed by atoms with Crippen molar-refractivity contribution in [2.75, 3.05) is 20.4 Å². The first-order valence-electron chi connectivity index (χ1n) is 4.68. The summed E-state index contributed by atoms with van der Waals surface area (Å²) in [7, 11) is -1.15. The number of amides is 1. The van der Waals surface area contributed by atoms with Crippen molar-refractivity contribution < 1.29 is 27.9 Å². The lowest BCUT2D eigenvalue weighted by Crippen LogP contribution is -2.31. The maximum atomic E-state index is 11.7. The van der Waals surface area contributed by atoms with Crippen molar-refractivity contribution in [1.29, 1.82) is 0 Å². The van der Waals surface area contributed by atoms with Gasteiger partial charge in [-0.15, -0.1) is 6.58 Å². The Kier molecular flexibility index (Phi) is 6.72. The Balaban J connectivity index is 4.67. The molecule has 0 saturated carbocycles. The van der Waals surface area contributed by atoms with E-state index in [1.165, 1.54) is 6.08 Å². The molecule has 0 saturated heterocycles.